The maximum absolute atomic E-state index is 12.8. The number of benzene rings is 3. The number of carbonyl (C=O) groups is 1. The number of hydrogen-bond donors (Lipinski definition) is 2. The van der Waals surface area contributed by atoms with Crippen LogP contribution in [0.15, 0.2) is 83.9 Å². The Morgan fingerprint density at radius 3 is 2.44 bits per heavy atom. The third-order valence-electron chi connectivity index (χ3n) is 5.12. The number of aromatic nitrogens is 2. The highest BCUT2D eigenvalue weighted by Crippen LogP contribution is 2.23. The zero-order valence-corrected chi connectivity index (χ0v) is 19.5. The van der Waals surface area contributed by atoms with E-state index in [9.17, 15) is 13.2 Å². The molecule has 9 heteroatoms. The molecule has 3 aromatic carbocycles. The standard InChI is InChI=1S/C25H24N4O4S/c1-3-23(33-21-11-8-18-6-4-5-7-19(18)16-21)24(30)28-20-9-12-22(13-10-20)34(31,32)29-25-26-15-14-17(2)27-25/h4-16,23H,3H2,1-2H3,(H,28,30)(H,26,27,29)/t23-/m1/s1. The molecular formula is C25H24N4O4S. The van der Waals surface area contributed by atoms with Gasteiger partial charge in [0.25, 0.3) is 15.9 Å². The number of fused-ring (bicyclic) bond motifs is 1. The van der Waals surface area contributed by atoms with Crippen molar-refractivity contribution >= 4 is 38.3 Å². The van der Waals surface area contributed by atoms with Crippen LogP contribution in [0, 0.1) is 6.92 Å². The Morgan fingerprint density at radius 1 is 1.00 bits per heavy atom. The summed E-state index contributed by atoms with van der Waals surface area (Å²) in [5, 5.41) is 4.90. The van der Waals surface area contributed by atoms with Gasteiger partial charge in [-0.25, -0.2) is 23.1 Å². The Balaban J connectivity index is 1.42. The lowest BCUT2D eigenvalue weighted by Gasteiger charge is -2.18. The molecule has 0 bridgehead atoms. The predicted octanol–water partition coefficient (Wildman–Crippen LogP) is 4.54. The average molecular weight is 477 g/mol. The summed E-state index contributed by atoms with van der Waals surface area (Å²) in [6.07, 6.45) is 1.24. The summed E-state index contributed by atoms with van der Waals surface area (Å²) in [4.78, 5) is 20.8. The number of hydrogen-bond acceptors (Lipinski definition) is 6. The monoisotopic (exact) mass is 476 g/mol. The van der Waals surface area contributed by atoms with Gasteiger partial charge in [-0.15, -0.1) is 0 Å². The van der Waals surface area contributed by atoms with Gasteiger partial charge in [0.1, 0.15) is 5.75 Å². The Morgan fingerprint density at radius 2 is 1.74 bits per heavy atom. The van der Waals surface area contributed by atoms with Crippen molar-refractivity contribution in [1.82, 2.24) is 9.97 Å². The van der Waals surface area contributed by atoms with Crippen molar-refractivity contribution in [3.8, 4) is 5.75 Å². The maximum atomic E-state index is 12.8. The largest absolute Gasteiger partial charge is 0.481 e. The van der Waals surface area contributed by atoms with Gasteiger partial charge < -0.3 is 10.1 Å². The van der Waals surface area contributed by atoms with E-state index in [-0.39, 0.29) is 16.8 Å². The van der Waals surface area contributed by atoms with Crippen LogP contribution in [0.1, 0.15) is 19.0 Å². The van der Waals surface area contributed by atoms with Crippen molar-refractivity contribution in [1.29, 1.82) is 0 Å². The predicted molar refractivity (Wildman–Crippen MR) is 131 cm³/mol. The van der Waals surface area contributed by atoms with Gasteiger partial charge in [0, 0.05) is 17.6 Å². The molecule has 0 fully saturated rings. The zero-order valence-electron chi connectivity index (χ0n) is 18.7. The lowest BCUT2D eigenvalue weighted by molar-refractivity contribution is -0.122. The second-order valence-corrected chi connectivity index (χ2v) is 9.35. The fourth-order valence-corrected chi connectivity index (χ4v) is 4.30. The summed E-state index contributed by atoms with van der Waals surface area (Å²) in [5.41, 5.74) is 1.10. The first kappa shape index (κ1) is 23.2. The number of rotatable bonds is 8. The van der Waals surface area contributed by atoms with E-state index in [2.05, 4.69) is 20.0 Å². The lowest BCUT2D eigenvalue weighted by Crippen LogP contribution is -2.32. The van der Waals surface area contributed by atoms with Gasteiger partial charge in [-0.3, -0.25) is 4.79 Å². The van der Waals surface area contributed by atoms with E-state index in [1.165, 1.54) is 30.5 Å². The zero-order chi connectivity index (χ0) is 24.1. The second kappa shape index (κ2) is 9.88. The topological polar surface area (TPSA) is 110 Å². The third kappa shape index (κ3) is 5.49. The minimum atomic E-state index is -3.87. The van der Waals surface area contributed by atoms with E-state index in [0.29, 0.717) is 23.6 Å². The SMILES string of the molecule is CC[C@@H](Oc1ccc2ccccc2c1)C(=O)Nc1ccc(S(=O)(=O)Nc2nccc(C)n2)cc1. The molecule has 0 saturated heterocycles. The molecule has 0 aliphatic rings. The summed E-state index contributed by atoms with van der Waals surface area (Å²) in [5.74, 6) is 0.276. The van der Waals surface area contributed by atoms with Gasteiger partial charge in [0.2, 0.25) is 5.95 Å². The summed E-state index contributed by atoms with van der Waals surface area (Å²) < 4.78 is 33.5. The minimum Gasteiger partial charge on any atom is -0.481 e. The van der Waals surface area contributed by atoms with Crippen LogP contribution in [0.4, 0.5) is 11.6 Å². The molecule has 8 nitrogen and oxygen atoms in total. The number of sulfonamides is 1. The molecule has 0 saturated carbocycles. The van der Waals surface area contributed by atoms with Crippen LogP contribution in [0.25, 0.3) is 10.8 Å². The minimum absolute atomic E-state index is 0.00555. The Kier molecular flexibility index (Phi) is 6.74. The smallest absolute Gasteiger partial charge is 0.265 e. The average Bonchev–Trinajstić information content (AvgIpc) is 2.82. The fraction of sp³-hybridized carbons (Fsp3) is 0.160. The van der Waals surface area contributed by atoms with E-state index in [1.54, 1.807) is 13.0 Å². The summed E-state index contributed by atoms with van der Waals surface area (Å²) in [6, 6.07) is 21.1. The Labute approximate surface area is 198 Å². The molecule has 1 atom stereocenters. The second-order valence-electron chi connectivity index (χ2n) is 7.66. The van der Waals surface area contributed by atoms with Crippen LogP contribution in [0.5, 0.6) is 5.75 Å². The van der Waals surface area contributed by atoms with Crippen LogP contribution >= 0.6 is 0 Å². The van der Waals surface area contributed by atoms with Gasteiger partial charge in [-0.05, 0) is 66.6 Å². The van der Waals surface area contributed by atoms with E-state index >= 15 is 0 Å². The highest BCUT2D eigenvalue weighted by molar-refractivity contribution is 7.92. The molecule has 1 heterocycles. The molecule has 0 aliphatic carbocycles. The Hall–Kier alpha value is -3.98. The molecule has 34 heavy (non-hydrogen) atoms. The van der Waals surface area contributed by atoms with E-state index in [1.807, 2.05) is 49.4 Å². The summed E-state index contributed by atoms with van der Waals surface area (Å²) in [7, 11) is -3.87. The van der Waals surface area contributed by atoms with Gasteiger partial charge in [0.05, 0.1) is 4.90 Å². The normalized spacial score (nSPS) is 12.2. The summed E-state index contributed by atoms with van der Waals surface area (Å²) >= 11 is 0. The molecule has 4 aromatic rings. The molecule has 0 spiro atoms. The van der Waals surface area contributed by atoms with E-state index in [0.717, 1.165) is 10.8 Å². The quantitative estimate of drug-likeness (QED) is 0.386. The van der Waals surface area contributed by atoms with Gasteiger partial charge >= 0.3 is 0 Å². The van der Waals surface area contributed by atoms with Gasteiger partial charge in [0.15, 0.2) is 6.10 Å². The van der Waals surface area contributed by atoms with Crippen LogP contribution in [-0.4, -0.2) is 30.4 Å². The van der Waals surface area contributed by atoms with Crippen molar-refractivity contribution in [3.63, 3.8) is 0 Å². The highest BCUT2D eigenvalue weighted by Gasteiger charge is 2.20. The molecule has 4 rings (SSSR count). The molecule has 0 aliphatic heterocycles. The number of nitrogens with zero attached hydrogens (tertiary/aromatic N) is 2. The third-order valence-corrected chi connectivity index (χ3v) is 6.46. The van der Waals surface area contributed by atoms with Gasteiger partial charge in [-0.2, -0.15) is 0 Å². The molecule has 1 amide bonds. The number of carbonyl (C=O) groups excluding carboxylic acids is 1. The molecule has 0 radical (unpaired) electrons. The number of nitrogens with one attached hydrogen (secondary N) is 2. The van der Waals surface area contributed by atoms with Crippen molar-refractivity contribution in [2.75, 3.05) is 10.0 Å². The number of amides is 1. The number of anilines is 2. The lowest BCUT2D eigenvalue weighted by atomic mass is 10.1. The van der Waals surface area contributed by atoms with Crippen molar-refractivity contribution in [2.45, 2.75) is 31.3 Å². The summed E-state index contributed by atoms with van der Waals surface area (Å²) in [6.45, 7) is 3.60. The molecule has 1 aromatic heterocycles. The van der Waals surface area contributed by atoms with Crippen LogP contribution in [0.3, 0.4) is 0 Å². The molecule has 174 valence electrons. The van der Waals surface area contributed by atoms with Crippen molar-refractivity contribution in [3.05, 3.63) is 84.7 Å². The van der Waals surface area contributed by atoms with Crippen molar-refractivity contribution < 1.29 is 17.9 Å². The molecule has 0 unspecified atom stereocenters. The van der Waals surface area contributed by atoms with Crippen LogP contribution < -0.4 is 14.8 Å². The first-order chi connectivity index (χ1) is 16.3. The number of ether oxygens (including phenoxy) is 1. The number of aryl methyl sites for hydroxylation is 1. The van der Waals surface area contributed by atoms with E-state index < -0.39 is 16.1 Å². The molecular weight excluding hydrogens is 452 g/mol. The first-order valence-electron chi connectivity index (χ1n) is 10.7. The first-order valence-corrected chi connectivity index (χ1v) is 12.2. The highest BCUT2D eigenvalue weighted by atomic mass is 32.2. The molecule has 2 N–H and O–H groups in total. The fourth-order valence-electron chi connectivity index (χ4n) is 3.34. The van der Waals surface area contributed by atoms with Crippen molar-refractivity contribution in [2.24, 2.45) is 0 Å². The Bertz CT molecular complexity index is 1420. The maximum Gasteiger partial charge on any atom is 0.265 e. The van der Waals surface area contributed by atoms with E-state index in [4.69, 9.17) is 4.74 Å². The van der Waals surface area contributed by atoms with Gasteiger partial charge in [-0.1, -0.05) is 37.3 Å². The van der Waals surface area contributed by atoms with Crippen LogP contribution in [0.2, 0.25) is 0 Å². The van der Waals surface area contributed by atoms with Crippen LogP contribution in [-0.2, 0) is 14.8 Å².